The molecule has 0 amide bonds. The molecule has 1 heterocycles. The molecular weight excluding hydrogens is 360 g/mol. The van der Waals surface area contributed by atoms with E-state index in [0.29, 0.717) is 35.5 Å². The van der Waals surface area contributed by atoms with E-state index in [9.17, 15) is 16.8 Å². The van der Waals surface area contributed by atoms with Crippen LogP contribution in [0.1, 0.15) is 17.5 Å². The molecule has 0 unspecified atom stereocenters. The van der Waals surface area contributed by atoms with Crippen LogP contribution in [-0.2, 0) is 25.8 Å². The van der Waals surface area contributed by atoms with Gasteiger partial charge in [0.15, 0.2) is 0 Å². The number of hydrogen-bond acceptors (Lipinski definition) is 4. The fourth-order valence-corrected chi connectivity index (χ4v) is 5.73. The highest BCUT2D eigenvalue weighted by Gasteiger charge is 2.29. The number of sulfonamides is 2. The van der Waals surface area contributed by atoms with Crippen LogP contribution in [0.5, 0.6) is 0 Å². The lowest BCUT2D eigenvalue weighted by Crippen LogP contribution is -2.25. The highest BCUT2D eigenvalue weighted by molar-refractivity contribution is 7.93. The van der Waals surface area contributed by atoms with Gasteiger partial charge in [0.25, 0.3) is 0 Å². The third kappa shape index (κ3) is 4.13. The smallest absolute Gasteiger partial charge is 0.236 e. The van der Waals surface area contributed by atoms with Gasteiger partial charge in [0.05, 0.1) is 17.2 Å². The Labute approximate surface area is 148 Å². The van der Waals surface area contributed by atoms with Gasteiger partial charge in [0.2, 0.25) is 20.0 Å². The Balaban J connectivity index is 1.79. The van der Waals surface area contributed by atoms with Crippen molar-refractivity contribution in [3.8, 4) is 0 Å². The summed E-state index contributed by atoms with van der Waals surface area (Å²) < 4.78 is 52.7. The van der Waals surface area contributed by atoms with Gasteiger partial charge in [0.1, 0.15) is 0 Å². The quantitative estimate of drug-likeness (QED) is 0.864. The number of rotatable bonds is 5. The topological polar surface area (TPSA) is 83.6 Å². The largest absolute Gasteiger partial charge is 0.283 e. The molecule has 1 N–H and O–H groups in total. The van der Waals surface area contributed by atoms with Crippen LogP contribution in [0.25, 0.3) is 0 Å². The van der Waals surface area contributed by atoms with Gasteiger partial charge in [-0.25, -0.2) is 16.8 Å². The average Bonchev–Trinajstić information content (AvgIpc) is 2.87. The molecule has 134 valence electrons. The Kier molecular flexibility index (Phi) is 4.75. The maximum absolute atomic E-state index is 12.3. The molecule has 0 radical (unpaired) electrons. The number of nitrogens with one attached hydrogen (secondary N) is 1. The van der Waals surface area contributed by atoms with E-state index in [1.807, 2.05) is 6.07 Å². The average molecular weight is 380 g/mol. The molecule has 2 aromatic carbocycles. The zero-order valence-electron chi connectivity index (χ0n) is 13.8. The molecule has 0 aliphatic carbocycles. The van der Waals surface area contributed by atoms with Gasteiger partial charge in [-0.3, -0.25) is 9.03 Å². The summed E-state index contributed by atoms with van der Waals surface area (Å²) >= 11 is 0. The molecule has 1 aliphatic rings. The van der Waals surface area contributed by atoms with E-state index in [1.165, 1.54) is 4.31 Å². The number of aryl methyl sites for hydroxylation is 1. The SMILES string of the molecule is Cc1cc(NS(=O)(=O)Cc2ccccc2)ccc1N1CCCS1(=O)=O. The van der Waals surface area contributed by atoms with Crippen LogP contribution in [0.4, 0.5) is 11.4 Å². The highest BCUT2D eigenvalue weighted by Crippen LogP contribution is 2.29. The predicted octanol–water partition coefficient (Wildman–Crippen LogP) is 2.48. The van der Waals surface area contributed by atoms with E-state index < -0.39 is 20.0 Å². The summed E-state index contributed by atoms with van der Waals surface area (Å²) in [7, 11) is -6.80. The molecule has 0 atom stereocenters. The molecular formula is C17H20N2O4S2. The summed E-state index contributed by atoms with van der Waals surface area (Å²) in [5, 5.41) is 0. The Morgan fingerprint density at radius 2 is 1.84 bits per heavy atom. The van der Waals surface area contributed by atoms with Crippen molar-refractivity contribution >= 4 is 31.4 Å². The van der Waals surface area contributed by atoms with Crippen molar-refractivity contribution in [2.75, 3.05) is 21.3 Å². The van der Waals surface area contributed by atoms with E-state index in [0.717, 1.165) is 0 Å². The zero-order valence-corrected chi connectivity index (χ0v) is 15.5. The minimum absolute atomic E-state index is 0.116. The molecule has 0 saturated carbocycles. The highest BCUT2D eigenvalue weighted by atomic mass is 32.2. The predicted molar refractivity (Wildman–Crippen MR) is 99.6 cm³/mol. The second kappa shape index (κ2) is 6.68. The molecule has 6 nitrogen and oxygen atoms in total. The Hall–Kier alpha value is -2.06. The molecule has 8 heteroatoms. The van der Waals surface area contributed by atoms with Gasteiger partial charge >= 0.3 is 0 Å². The normalized spacial score (nSPS) is 16.8. The zero-order chi connectivity index (χ0) is 18.1. The lowest BCUT2D eigenvalue weighted by molar-refractivity contribution is 0.598. The summed E-state index contributed by atoms with van der Waals surface area (Å²) in [4.78, 5) is 0. The molecule has 0 bridgehead atoms. The van der Waals surface area contributed by atoms with Crippen molar-refractivity contribution in [2.24, 2.45) is 0 Å². The van der Waals surface area contributed by atoms with E-state index in [-0.39, 0.29) is 11.5 Å². The van der Waals surface area contributed by atoms with E-state index in [1.54, 1.807) is 49.4 Å². The standard InChI is InChI=1S/C17H20N2O4S2/c1-14-12-16(8-9-17(14)19-10-5-11-25(19,22)23)18-24(20,21)13-15-6-3-2-4-7-15/h2-4,6-9,12,18H,5,10-11,13H2,1H3. The molecule has 25 heavy (non-hydrogen) atoms. The second-order valence-corrected chi connectivity index (χ2v) is 9.82. The molecule has 1 saturated heterocycles. The van der Waals surface area contributed by atoms with Crippen molar-refractivity contribution in [2.45, 2.75) is 19.1 Å². The summed E-state index contributed by atoms with van der Waals surface area (Å²) in [6.45, 7) is 2.24. The minimum atomic E-state index is -3.54. The van der Waals surface area contributed by atoms with Crippen LogP contribution in [0.3, 0.4) is 0 Å². The molecule has 1 aliphatic heterocycles. The Morgan fingerprint density at radius 3 is 2.44 bits per heavy atom. The van der Waals surface area contributed by atoms with Crippen LogP contribution >= 0.6 is 0 Å². The third-order valence-corrected chi connectivity index (χ3v) is 7.15. The summed E-state index contributed by atoms with van der Waals surface area (Å²) in [5.41, 5.74) is 2.44. The maximum Gasteiger partial charge on any atom is 0.236 e. The molecule has 3 rings (SSSR count). The number of anilines is 2. The first-order valence-corrected chi connectivity index (χ1v) is 11.2. The van der Waals surface area contributed by atoms with Crippen molar-refractivity contribution < 1.29 is 16.8 Å². The van der Waals surface area contributed by atoms with Crippen LogP contribution in [0.2, 0.25) is 0 Å². The van der Waals surface area contributed by atoms with Gasteiger partial charge in [-0.1, -0.05) is 30.3 Å². The Morgan fingerprint density at radius 1 is 1.12 bits per heavy atom. The van der Waals surface area contributed by atoms with Crippen LogP contribution < -0.4 is 9.03 Å². The number of benzene rings is 2. The molecule has 2 aromatic rings. The van der Waals surface area contributed by atoms with Crippen LogP contribution in [0, 0.1) is 6.92 Å². The van der Waals surface area contributed by atoms with Crippen LogP contribution in [0.15, 0.2) is 48.5 Å². The maximum atomic E-state index is 12.3. The van der Waals surface area contributed by atoms with Gasteiger partial charge < -0.3 is 0 Å². The Bertz CT molecular complexity index is 971. The van der Waals surface area contributed by atoms with Gasteiger partial charge in [-0.2, -0.15) is 0 Å². The minimum Gasteiger partial charge on any atom is -0.283 e. The first kappa shape index (κ1) is 17.8. The first-order valence-electron chi connectivity index (χ1n) is 7.92. The van der Waals surface area contributed by atoms with E-state index in [4.69, 9.17) is 0 Å². The summed E-state index contributed by atoms with van der Waals surface area (Å²) in [6.07, 6.45) is 0.604. The van der Waals surface area contributed by atoms with Gasteiger partial charge in [-0.05, 0) is 42.7 Å². The first-order chi connectivity index (χ1) is 11.8. The molecule has 1 fully saturated rings. The van der Waals surface area contributed by atoms with Gasteiger partial charge in [-0.15, -0.1) is 0 Å². The van der Waals surface area contributed by atoms with E-state index in [2.05, 4.69) is 4.72 Å². The lowest BCUT2D eigenvalue weighted by atomic mass is 10.2. The second-order valence-electron chi connectivity index (χ2n) is 6.09. The van der Waals surface area contributed by atoms with Gasteiger partial charge in [0, 0.05) is 12.2 Å². The number of hydrogen-bond donors (Lipinski definition) is 1. The summed E-state index contributed by atoms with van der Waals surface area (Å²) in [5.74, 6) is 0.0348. The van der Waals surface area contributed by atoms with Crippen LogP contribution in [-0.4, -0.2) is 29.1 Å². The number of nitrogens with zero attached hydrogens (tertiary/aromatic N) is 1. The monoisotopic (exact) mass is 380 g/mol. The van der Waals surface area contributed by atoms with Crippen molar-refractivity contribution in [3.63, 3.8) is 0 Å². The van der Waals surface area contributed by atoms with Crippen molar-refractivity contribution in [1.29, 1.82) is 0 Å². The third-order valence-electron chi connectivity index (χ3n) is 4.04. The van der Waals surface area contributed by atoms with Crippen molar-refractivity contribution in [3.05, 3.63) is 59.7 Å². The summed E-state index contributed by atoms with van der Waals surface area (Å²) in [6, 6.07) is 13.8. The van der Waals surface area contributed by atoms with E-state index >= 15 is 0 Å². The van der Waals surface area contributed by atoms with Crippen molar-refractivity contribution in [1.82, 2.24) is 0 Å². The fourth-order valence-electron chi connectivity index (χ4n) is 2.92. The molecule has 0 spiro atoms. The fraction of sp³-hybridized carbons (Fsp3) is 0.294. The molecule has 0 aromatic heterocycles. The lowest BCUT2D eigenvalue weighted by Gasteiger charge is -2.20.